The molecule has 6 nitrogen and oxygen atoms in total. The second kappa shape index (κ2) is 6.79. The maximum absolute atomic E-state index is 4.54. The van der Waals surface area contributed by atoms with Crippen LogP contribution in [0.25, 0.3) is 0 Å². The monoisotopic (exact) mass is 272 g/mol. The molecule has 0 bridgehead atoms. The fourth-order valence-electron chi connectivity index (χ4n) is 1.83. The maximum atomic E-state index is 4.54. The Bertz CT molecular complexity index is 555. The van der Waals surface area contributed by atoms with Gasteiger partial charge in [0.25, 0.3) is 0 Å². The van der Waals surface area contributed by atoms with Crippen LogP contribution in [-0.4, -0.2) is 26.7 Å². The Morgan fingerprint density at radius 2 is 1.85 bits per heavy atom. The van der Waals surface area contributed by atoms with Crippen molar-refractivity contribution in [2.75, 3.05) is 17.2 Å². The topological polar surface area (TPSA) is 75.6 Å². The van der Waals surface area contributed by atoms with Crippen molar-refractivity contribution < 1.29 is 0 Å². The van der Waals surface area contributed by atoms with Gasteiger partial charge >= 0.3 is 0 Å². The Morgan fingerprint density at radius 3 is 2.45 bits per heavy atom. The van der Waals surface area contributed by atoms with E-state index in [1.165, 1.54) is 0 Å². The van der Waals surface area contributed by atoms with Gasteiger partial charge in [-0.2, -0.15) is 10.2 Å². The highest BCUT2D eigenvalue weighted by atomic mass is 15.1. The Balaban J connectivity index is 2.19. The van der Waals surface area contributed by atoms with E-state index < -0.39 is 0 Å². The summed E-state index contributed by atoms with van der Waals surface area (Å²) >= 11 is 0. The van der Waals surface area contributed by atoms with Crippen molar-refractivity contribution in [3.63, 3.8) is 0 Å². The third-order valence-corrected chi connectivity index (χ3v) is 2.92. The highest BCUT2D eigenvalue weighted by Crippen LogP contribution is 2.20. The van der Waals surface area contributed by atoms with Crippen molar-refractivity contribution in [2.24, 2.45) is 0 Å². The minimum atomic E-state index is 0.598. The van der Waals surface area contributed by atoms with Gasteiger partial charge in [-0.15, -0.1) is 0 Å². The number of nitrogens with one attached hydrogen (secondary N) is 2. The van der Waals surface area contributed by atoms with Gasteiger partial charge in [-0.25, -0.2) is 9.97 Å². The molecule has 106 valence electrons. The summed E-state index contributed by atoms with van der Waals surface area (Å²) in [6, 6.07) is 3.81. The molecule has 2 aromatic heterocycles. The molecule has 20 heavy (non-hydrogen) atoms. The minimum absolute atomic E-state index is 0.598. The Hall–Kier alpha value is -2.24. The van der Waals surface area contributed by atoms with E-state index in [2.05, 4.69) is 37.7 Å². The van der Waals surface area contributed by atoms with Crippen LogP contribution in [0.3, 0.4) is 0 Å². The van der Waals surface area contributed by atoms with Crippen molar-refractivity contribution in [3.8, 4) is 0 Å². The average molecular weight is 272 g/mol. The molecule has 0 aliphatic heterocycles. The molecule has 2 aromatic rings. The first kappa shape index (κ1) is 14.2. The summed E-state index contributed by atoms with van der Waals surface area (Å²) in [6.07, 6.45) is 2.47. The molecular formula is C14H20N6. The van der Waals surface area contributed by atoms with Gasteiger partial charge in [-0.1, -0.05) is 6.92 Å². The number of rotatable bonds is 6. The van der Waals surface area contributed by atoms with Crippen LogP contribution in [-0.2, 0) is 13.0 Å². The quantitative estimate of drug-likeness (QED) is 0.839. The van der Waals surface area contributed by atoms with E-state index in [0.29, 0.717) is 6.54 Å². The molecule has 0 aliphatic carbocycles. The molecular weight excluding hydrogens is 252 g/mol. The lowest BCUT2D eigenvalue weighted by Crippen LogP contribution is -2.11. The first-order chi connectivity index (χ1) is 9.74. The molecule has 0 spiro atoms. The summed E-state index contributed by atoms with van der Waals surface area (Å²) in [7, 11) is 0. The molecule has 0 fully saturated rings. The van der Waals surface area contributed by atoms with Crippen molar-refractivity contribution in [1.29, 1.82) is 0 Å². The molecule has 0 aromatic carbocycles. The molecule has 0 saturated heterocycles. The van der Waals surface area contributed by atoms with Crippen LogP contribution < -0.4 is 10.6 Å². The van der Waals surface area contributed by atoms with Crippen LogP contribution in [0.5, 0.6) is 0 Å². The van der Waals surface area contributed by atoms with Gasteiger partial charge in [0.15, 0.2) is 0 Å². The SMILES string of the molecule is CCNc1nc(CC)nc(NCc2cccnn2)c1C. The predicted octanol–water partition coefficient (Wildman–Crippen LogP) is 2.18. The average Bonchev–Trinajstić information content (AvgIpc) is 2.49. The summed E-state index contributed by atoms with van der Waals surface area (Å²) < 4.78 is 0. The largest absolute Gasteiger partial charge is 0.370 e. The molecule has 2 rings (SSSR count). The van der Waals surface area contributed by atoms with E-state index in [-0.39, 0.29) is 0 Å². The van der Waals surface area contributed by atoms with E-state index in [0.717, 1.165) is 41.7 Å². The molecule has 0 radical (unpaired) electrons. The van der Waals surface area contributed by atoms with Crippen molar-refractivity contribution in [2.45, 2.75) is 33.7 Å². The molecule has 0 unspecified atom stereocenters. The predicted molar refractivity (Wildman–Crippen MR) is 79.7 cm³/mol. The molecule has 0 atom stereocenters. The molecule has 6 heteroatoms. The zero-order valence-corrected chi connectivity index (χ0v) is 12.1. The number of nitrogens with zero attached hydrogens (tertiary/aromatic N) is 4. The van der Waals surface area contributed by atoms with Crippen LogP contribution in [0.1, 0.15) is 30.9 Å². The smallest absolute Gasteiger partial charge is 0.135 e. The van der Waals surface area contributed by atoms with E-state index in [1.807, 2.05) is 26.0 Å². The lowest BCUT2D eigenvalue weighted by Gasteiger charge is -2.13. The van der Waals surface area contributed by atoms with E-state index in [4.69, 9.17) is 0 Å². The highest BCUT2D eigenvalue weighted by molar-refractivity contribution is 5.57. The lowest BCUT2D eigenvalue weighted by molar-refractivity contribution is 0.895. The second-order valence-corrected chi connectivity index (χ2v) is 4.41. The molecule has 0 saturated carbocycles. The third-order valence-electron chi connectivity index (χ3n) is 2.92. The molecule has 2 N–H and O–H groups in total. The Morgan fingerprint density at radius 1 is 1.10 bits per heavy atom. The van der Waals surface area contributed by atoms with Crippen LogP contribution in [0.4, 0.5) is 11.6 Å². The van der Waals surface area contributed by atoms with Crippen LogP contribution in [0, 0.1) is 6.92 Å². The second-order valence-electron chi connectivity index (χ2n) is 4.41. The number of hydrogen-bond acceptors (Lipinski definition) is 6. The van der Waals surface area contributed by atoms with E-state index in [9.17, 15) is 0 Å². The third kappa shape index (κ3) is 3.40. The standard InChI is InChI=1S/C14H20N6/c1-4-12-18-13(15-5-2)10(3)14(19-12)16-9-11-7-6-8-17-20-11/h6-8H,4-5,9H2,1-3H3,(H2,15,16,18,19). The number of anilines is 2. The molecule has 0 aliphatic rings. The van der Waals surface area contributed by atoms with Crippen LogP contribution in [0.2, 0.25) is 0 Å². The van der Waals surface area contributed by atoms with Gasteiger partial charge in [-0.05, 0) is 26.0 Å². The van der Waals surface area contributed by atoms with Gasteiger partial charge in [-0.3, -0.25) is 0 Å². The zero-order chi connectivity index (χ0) is 14.4. The lowest BCUT2D eigenvalue weighted by atomic mass is 10.2. The molecule has 0 amide bonds. The van der Waals surface area contributed by atoms with Gasteiger partial charge < -0.3 is 10.6 Å². The summed E-state index contributed by atoms with van der Waals surface area (Å²) in [5.74, 6) is 2.56. The summed E-state index contributed by atoms with van der Waals surface area (Å²) in [6.45, 7) is 7.55. The summed E-state index contributed by atoms with van der Waals surface area (Å²) in [5, 5.41) is 14.5. The Kier molecular flexibility index (Phi) is 4.81. The van der Waals surface area contributed by atoms with Crippen molar-refractivity contribution >= 4 is 11.6 Å². The highest BCUT2D eigenvalue weighted by Gasteiger charge is 2.09. The van der Waals surface area contributed by atoms with Gasteiger partial charge in [0.2, 0.25) is 0 Å². The zero-order valence-electron chi connectivity index (χ0n) is 12.1. The number of aryl methyl sites for hydroxylation is 1. The normalized spacial score (nSPS) is 10.3. The fourth-order valence-corrected chi connectivity index (χ4v) is 1.83. The van der Waals surface area contributed by atoms with Gasteiger partial charge in [0, 0.05) is 24.7 Å². The van der Waals surface area contributed by atoms with Crippen LogP contribution in [0.15, 0.2) is 18.3 Å². The first-order valence-electron chi connectivity index (χ1n) is 6.86. The van der Waals surface area contributed by atoms with E-state index >= 15 is 0 Å². The number of aromatic nitrogens is 4. The Labute approximate surface area is 119 Å². The summed E-state index contributed by atoms with van der Waals surface area (Å²) in [5.41, 5.74) is 1.90. The maximum Gasteiger partial charge on any atom is 0.135 e. The minimum Gasteiger partial charge on any atom is -0.370 e. The van der Waals surface area contributed by atoms with Gasteiger partial charge in [0.05, 0.1) is 12.2 Å². The summed E-state index contributed by atoms with van der Waals surface area (Å²) in [4.78, 5) is 9.04. The van der Waals surface area contributed by atoms with Crippen molar-refractivity contribution in [3.05, 3.63) is 35.4 Å². The van der Waals surface area contributed by atoms with Crippen molar-refractivity contribution in [1.82, 2.24) is 20.2 Å². The fraction of sp³-hybridized carbons (Fsp3) is 0.429. The number of hydrogen-bond donors (Lipinski definition) is 2. The molecule has 2 heterocycles. The van der Waals surface area contributed by atoms with Crippen LogP contribution >= 0.6 is 0 Å². The first-order valence-corrected chi connectivity index (χ1v) is 6.86. The van der Waals surface area contributed by atoms with Gasteiger partial charge in [0.1, 0.15) is 17.5 Å². The van der Waals surface area contributed by atoms with E-state index in [1.54, 1.807) is 6.20 Å².